The van der Waals surface area contributed by atoms with E-state index in [0.717, 1.165) is 4.31 Å². The van der Waals surface area contributed by atoms with Gasteiger partial charge >= 0.3 is 0 Å². The third-order valence-electron chi connectivity index (χ3n) is 2.48. The monoisotopic (exact) mass is 290 g/mol. The van der Waals surface area contributed by atoms with E-state index in [9.17, 15) is 13.2 Å². The van der Waals surface area contributed by atoms with Crippen molar-refractivity contribution in [3.05, 3.63) is 28.8 Å². The lowest BCUT2D eigenvalue weighted by atomic mass is 10.2. The van der Waals surface area contributed by atoms with Crippen LogP contribution >= 0.6 is 11.6 Å². The quantitative estimate of drug-likeness (QED) is 0.900. The summed E-state index contributed by atoms with van der Waals surface area (Å²) >= 11 is 5.80. The van der Waals surface area contributed by atoms with Crippen molar-refractivity contribution < 1.29 is 13.2 Å². The number of aryl methyl sites for hydroxylation is 1. The molecule has 0 aliphatic rings. The normalized spacial score (nSPS) is 11.6. The molecule has 18 heavy (non-hydrogen) atoms. The van der Waals surface area contributed by atoms with Crippen LogP contribution in [-0.4, -0.2) is 39.3 Å². The molecule has 0 saturated heterocycles. The number of sulfonamides is 1. The molecule has 0 bridgehead atoms. The first-order valence-electron chi connectivity index (χ1n) is 5.22. The van der Waals surface area contributed by atoms with E-state index in [0.29, 0.717) is 10.6 Å². The third-order valence-corrected chi connectivity index (χ3v) is 4.66. The topological polar surface area (TPSA) is 66.5 Å². The van der Waals surface area contributed by atoms with Gasteiger partial charge in [0.15, 0.2) is 0 Å². The Kier molecular flexibility index (Phi) is 4.72. The molecule has 0 saturated carbocycles. The van der Waals surface area contributed by atoms with Crippen LogP contribution in [0.1, 0.15) is 5.56 Å². The number of amides is 1. The zero-order valence-corrected chi connectivity index (χ0v) is 12.0. The number of hydrogen-bond acceptors (Lipinski definition) is 3. The summed E-state index contributed by atoms with van der Waals surface area (Å²) in [5.41, 5.74) is 0.586. The smallest absolute Gasteiger partial charge is 0.243 e. The fraction of sp³-hybridized carbons (Fsp3) is 0.364. The van der Waals surface area contributed by atoms with Crippen molar-refractivity contribution in [2.24, 2.45) is 0 Å². The Morgan fingerprint density at radius 1 is 1.44 bits per heavy atom. The second-order valence-corrected chi connectivity index (χ2v) is 6.29. The summed E-state index contributed by atoms with van der Waals surface area (Å²) in [6, 6.07) is 4.63. The molecule has 0 aliphatic carbocycles. The Hall–Kier alpha value is -1.11. The number of hydrogen-bond donors (Lipinski definition) is 1. The Morgan fingerprint density at radius 2 is 2.06 bits per heavy atom. The Morgan fingerprint density at radius 3 is 2.61 bits per heavy atom. The molecule has 1 aromatic carbocycles. The molecule has 0 radical (unpaired) electrons. The van der Waals surface area contributed by atoms with Gasteiger partial charge in [0.25, 0.3) is 0 Å². The minimum atomic E-state index is -3.71. The van der Waals surface area contributed by atoms with Gasteiger partial charge in [-0.1, -0.05) is 17.7 Å². The van der Waals surface area contributed by atoms with Gasteiger partial charge in [0.05, 0.1) is 11.4 Å². The van der Waals surface area contributed by atoms with E-state index in [1.54, 1.807) is 19.1 Å². The SMILES string of the molecule is CNC(=O)CN(C)S(=O)(=O)c1cc(Cl)ccc1C. The Bertz CT molecular complexity index is 557. The van der Waals surface area contributed by atoms with Crippen LogP contribution < -0.4 is 5.32 Å². The predicted octanol–water partition coefficient (Wildman–Crippen LogP) is 1.01. The molecule has 0 aliphatic heterocycles. The molecule has 0 aromatic heterocycles. The number of likely N-dealkylation sites (N-methyl/N-ethyl adjacent to an activating group) is 2. The van der Waals surface area contributed by atoms with E-state index in [1.165, 1.54) is 20.2 Å². The number of nitrogens with zero attached hydrogens (tertiary/aromatic N) is 1. The average molecular weight is 291 g/mol. The van der Waals surface area contributed by atoms with Crippen LogP contribution in [0.15, 0.2) is 23.1 Å². The van der Waals surface area contributed by atoms with Crippen molar-refractivity contribution >= 4 is 27.5 Å². The van der Waals surface area contributed by atoms with E-state index in [2.05, 4.69) is 5.32 Å². The first-order chi connectivity index (χ1) is 8.28. The molecule has 100 valence electrons. The molecule has 7 heteroatoms. The lowest BCUT2D eigenvalue weighted by molar-refractivity contribution is -0.120. The highest BCUT2D eigenvalue weighted by Gasteiger charge is 2.24. The maximum absolute atomic E-state index is 12.2. The van der Waals surface area contributed by atoms with Crippen LogP contribution in [0.25, 0.3) is 0 Å². The lowest BCUT2D eigenvalue weighted by Crippen LogP contribution is -2.37. The summed E-state index contributed by atoms with van der Waals surface area (Å²) in [4.78, 5) is 11.3. The van der Waals surface area contributed by atoms with Crippen LogP contribution in [-0.2, 0) is 14.8 Å². The van der Waals surface area contributed by atoms with Crippen LogP contribution in [0.5, 0.6) is 0 Å². The van der Waals surface area contributed by atoms with Crippen LogP contribution in [0, 0.1) is 6.92 Å². The Labute approximate surface area is 112 Å². The van der Waals surface area contributed by atoms with E-state index in [4.69, 9.17) is 11.6 Å². The van der Waals surface area contributed by atoms with Crippen LogP contribution in [0.3, 0.4) is 0 Å². The summed E-state index contributed by atoms with van der Waals surface area (Å²) in [6.07, 6.45) is 0. The van der Waals surface area contributed by atoms with Crippen molar-refractivity contribution in [1.82, 2.24) is 9.62 Å². The highest BCUT2D eigenvalue weighted by atomic mass is 35.5. The van der Waals surface area contributed by atoms with Crippen LogP contribution in [0.2, 0.25) is 5.02 Å². The minimum absolute atomic E-state index is 0.112. The molecule has 0 unspecified atom stereocenters. The van der Waals surface area contributed by atoms with E-state index < -0.39 is 10.0 Å². The van der Waals surface area contributed by atoms with Crippen molar-refractivity contribution in [2.75, 3.05) is 20.6 Å². The molecular weight excluding hydrogens is 276 g/mol. The number of carbonyl (C=O) groups is 1. The van der Waals surface area contributed by atoms with E-state index >= 15 is 0 Å². The van der Waals surface area contributed by atoms with Gasteiger partial charge in [-0.3, -0.25) is 4.79 Å². The Balaban J connectivity index is 3.13. The molecular formula is C11H15ClN2O3S. The van der Waals surface area contributed by atoms with Gasteiger partial charge in [0.1, 0.15) is 0 Å². The average Bonchev–Trinajstić information content (AvgIpc) is 2.31. The van der Waals surface area contributed by atoms with E-state index in [1.807, 2.05) is 0 Å². The molecule has 0 atom stereocenters. The molecule has 0 heterocycles. The zero-order valence-electron chi connectivity index (χ0n) is 10.4. The largest absolute Gasteiger partial charge is 0.358 e. The summed E-state index contributed by atoms with van der Waals surface area (Å²) in [5, 5.41) is 2.71. The maximum Gasteiger partial charge on any atom is 0.243 e. The van der Waals surface area contributed by atoms with E-state index in [-0.39, 0.29) is 17.3 Å². The zero-order chi connectivity index (χ0) is 13.9. The molecule has 0 fully saturated rings. The summed E-state index contributed by atoms with van der Waals surface area (Å²) < 4.78 is 25.5. The predicted molar refractivity (Wildman–Crippen MR) is 70.1 cm³/mol. The van der Waals surface area contributed by atoms with Gasteiger partial charge in [-0.05, 0) is 24.6 Å². The molecule has 5 nitrogen and oxygen atoms in total. The van der Waals surface area contributed by atoms with Crippen molar-refractivity contribution in [1.29, 1.82) is 0 Å². The molecule has 1 rings (SSSR count). The summed E-state index contributed by atoms with van der Waals surface area (Å²) in [5.74, 6) is -0.374. The number of rotatable bonds is 4. The van der Waals surface area contributed by atoms with Crippen LogP contribution in [0.4, 0.5) is 0 Å². The lowest BCUT2D eigenvalue weighted by Gasteiger charge is -2.17. The number of halogens is 1. The number of carbonyl (C=O) groups excluding carboxylic acids is 1. The second kappa shape index (κ2) is 5.69. The molecule has 1 N–H and O–H groups in total. The van der Waals surface area contributed by atoms with Gasteiger partial charge in [-0.2, -0.15) is 4.31 Å². The fourth-order valence-corrected chi connectivity index (χ4v) is 3.00. The van der Waals surface area contributed by atoms with Crippen molar-refractivity contribution in [3.8, 4) is 0 Å². The fourth-order valence-electron chi connectivity index (χ4n) is 1.39. The maximum atomic E-state index is 12.2. The number of nitrogens with one attached hydrogen (secondary N) is 1. The summed E-state index contributed by atoms with van der Waals surface area (Å²) in [6.45, 7) is 1.45. The van der Waals surface area contributed by atoms with Gasteiger partial charge in [0, 0.05) is 19.1 Å². The number of benzene rings is 1. The molecule has 1 aromatic rings. The van der Waals surface area contributed by atoms with Gasteiger partial charge in [-0.25, -0.2) is 8.42 Å². The van der Waals surface area contributed by atoms with Gasteiger partial charge < -0.3 is 5.32 Å². The van der Waals surface area contributed by atoms with Gasteiger partial charge in [-0.15, -0.1) is 0 Å². The molecule has 1 amide bonds. The standard InChI is InChI=1S/C11H15ClN2O3S/c1-8-4-5-9(12)6-10(8)18(16,17)14(3)7-11(15)13-2/h4-6H,7H2,1-3H3,(H,13,15). The van der Waals surface area contributed by atoms with Crippen molar-refractivity contribution in [2.45, 2.75) is 11.8 Å². The highest BCUT2D eigenvalue weighted by Crippen LogP contribution is 2.22. The third kappa shape index (κ3) is 3.22. The first-order valence-corrected chi connectivity index (χ1v) is 7.04. The minimum Gasteiger partial charge on any atom is -0.358 e. The highest BCUT2D eigenvalue weighted by molar-refractivity contribution is 7.89. The van der Waals surface area contributed by atoms with Crippen molar-refractivity contribution in [3.63, 3.8) is 0 Å². The summed E-state index contributed by atoms with van der Waals surface area (Å²) in [7, 11) is -0.905. The second-order valence-electron chi connectivity index (χ2n) is 3.84. The first kappa shape index (κ1) is 14.9. The molecule has 0 spiro atoms. The van der Waals surface area contributed by atoms with Gasteiger partial charge in [0.2, 0.25) is 15.9 Å².